The number of unbranched alkanes of at least 4 members (excludes halogenated alkanes) is 1. The predicted molar refractivity (Wildman–Crippen MR) is 140 cm³/mol. The number of para-hydroxylation sites is 1. The van der Waals surface area contributed by atoms with Crippen molar-refractivity contribution >= 4 is 28.2 Å². The van der Waals surface area contributed by atoms with Crippen LogP contribution in [0, 0.1) is 0 Å². The molecule has 1 aliphatic carbocycles. The molecule has 0 spiro atoms. The number of Topliss-reactive ketones (excluding diaryl/α,β-unsaturated/α-hetero) is 1. The zero-order valence-electron chi connectivity index (χ0n) is 20.6. The molecule has 3 rings (SSSR count). The first-order valence-electron chi connectivity index (χ1n) is 11.6. The summed E-state index contributed by atoms with van der Waals surface area (Å²) in [5.74, 6) is 1.09. The molecule has 0 amide bonds. The van der Waals surface area contributed by atoms with Crippen LogP contribution >= 0.6 is 12.4 Å². The molecule has 34 heavy (non-hydrogen) atoms. The zero-order chi connectivity index (χ0) is 24.0. The summed E-state index contributed by atoms with van der Waals surface area (Å²) in [7, 11) is 2.22. The van der Waals surface area contributed by atoms with Crippen LogP contribution in [-0.2, 0) is 29.3 Å². The van der Waals surface area contributed by atoms with E-state index in [0.717, 1.165) is 54.8 Å². The SMILES string of the molecule is COc1ccccc1CCN(C)CCCCC(=O)c1ccc2c(c1)CC(N(C)S(C)(=O)=O)C2.Cl. The van der Waals surface area contributed by atoms with Gasteiger partial charge in [-0.2, -0.15) is 0 Å². The Morgan fingerprint density at radius 1 is 1.03 bits per heavy atom. The van der Waals surface area contributed by atoms with Crippen molar-refractivity contribution in [3.05, 3.63) is 64.7 Å². The standard InChI is InChI=1S/C26H36N2O4S.ClH/c1-27(16-14-20-9-5-6-11-26(20)32-3)15-8-7-10-25(29)22-13-12-21-18-24(19-23(21)17-22)28(2)33(4,30)31;/h5-6,9,11-13,17,24H,7-8,10,14-16,18-19H2,1-4H3;1H. The number of hydrogen-bond acceptors (Lipinski definition) is 5. The Morgan fingerprint density at radius 3 is 2.44 bits per heavy atom. The van der Waals surface area contributed by atoms with Gasteiger partial charge in [-0.25, -0.2) is 12.7 Å². The highest BCUT2D eigenvalue weighted by Crippen LogP contribution is 2.27. The van der Waals surface area contributed by atoms with Crippen LogP contribution in [0.4, 0.5) is 0 Å². The number of methoxy groups -OCH3 is 1. The number of ether oxygens (including phenoxy) is 1. The van der Waals surface area contributed by atoms with E-state index in [9.17, 15) is 13.2 Å². The first-order valence-corrected chi connectivity index (χ1v) is 13.4. The average molecular weight is 509 g/mol. The number of benzene rings is 2. The van der Waals surface area contributed by atoms with Crippen LogP contribution in [0.5, 0.6) is 5.75 Å². The molecule has 0 aliphatic heterocycles. The molecular formula is C26H37ClN2O4S. The van der Waals surface area contributed by atoms with Gasteiger partial charge < -0.3 is 9.64 Å². The van der Waals surface area contributed by atoms with E-state index in [1.807, 2.05) is 36.4 Å². The van der Waals surface area contributed by atoms with Gasteiger partial charge in [-0.05, 0) is 74.5 Å². The lowest BCUT2D eigenvalue weighted by Gasteiger charge is -2.21. The maximum atomic E-state index is 12.7. The molecule has 0 saturated carbocycles. The van der Waals surface area contributed by atoms with Crippen molar-refractivity contribution in [2.45, 2.75) is 44.6 Å². The third kappa shape index (κ3) is 7.54. The summed E-state index contributed by atoms with van der Waals surface area (Å²) < 4.78 is 30.6. The molecule has 0 fully saturated rings. The number of nitrogens with zero attached hydrogens (tertiary/aromatic N) is 2. The van der Waals surface area contributed by atoms with Crippen molar-refractivity contribution in [2.24, 2.45) is 0 Å². The Hall–Kier alpha value is -1.93. The monoisotopic (exact) mass is 508 g/mol. The van der Waals surface area contributed by atoms with Crippen molar-refractivity contribution < 1.29 is 17.9 Å². The second-order valence-electron chi connectivity index (χ2n) is 9.07. The fraction of sp³-hybridized carbons (Fsp3) is 0.500. The van der Waals surface area contributed by atoms with E-state index in [2.05, 4.69) is 18.0 Å². The maximum Gasteiger partial charge on any atom is 0.211 e. The van der Waals surface area contributed by atoms with Gasteiger partial charge >= 0.3 is 0 Å². The molecule has 188 valence electrons. The molecule has 2 aromatic carbocycles. The predicted octanol–water partition coefficient (Wildman–Crippen LogP) is 4.00. The summed E-state index contributed by atoms with van der Waals surface area (Å²) in [6.45, 7) is 1.90. The lowest BCUT2D eigenvalue weighted by atomic mass is 10.0. The number of likely N-dealkylation sites (N-methyl/N-ethyl adjacent to an activating group) is 2. The fourth-order valence-electron chi connectivity index (χ4n) is 4.44. The number of sulfonamides is 1. The topological polar surface area (TPSA) is 66.9 Å². The molecule has 1 atom stereocenters. The van der Waals surface area contributed by atoms with Crippen molar-refractivity contribution in [2.75, 3.05) is 40.6 Å². The van der Waals surface area contributed by atoms with Crippen LogP contribution in [0.2, 0.25) is 0 Å². The van der Waals surface area contributed by atoms with Gasteiger partial charge in [0, 0.05) is 31.6 Å². The molecule has 0 N–H and O–H groups in total. The first kappa shape index (κ1) is 28.3. The van der Waals surface area contributed by atoms with Gasteiger partial charge in [-0.15, -0.1) is 12.4 Å². The quantitative estimate of drug-likeness (QED) is 0.320. The summed E-state index contributed by atoms with van der Waals surface area (Å²) in [6.07, 6.45) is 5.90. The zero-order valence-corrected chi connectivity index (χ0v) is 22.3. The van der Waals surface area contributed by atoms with Gasteiger partial charge in [0.25, 0.3) is 0 Å². The highest BCUT2D eigenvalue weighted by Gasteiger charge is 2.29. The summed E-state index contributed by atoms with van der Waals surface area (Å²) in [4.78, 5) is 15.0. The van der Waals surface area contributed by atoms with Crippen molar-refractivity contribution in [3.63, 3.8) is 0 Å². The molecule has 2 aromatic rings. The summed E-state index contributed by atoms with van der Waals surface area (Å²) in [5.41, 5.74) is 4.19. The van der Waals surface area contributed by atoms with Crippen LogP contribution in [-0.4, -0.2) is 70.0 Å². The molecule has 6 nitrogen and oxygen atoms in total. The number of ketones is 1. The normalized spacial score (nSPS) is 15.3. The minimum absolute atomic E-state index is 0. The van der Waals surface area contributed by atoms with E-state index in [1.165, 1.54) is 16.1 Å². The van der Waals surface area contributed by atoms with E-state index in [1.54, 1.807) is 14.2 Å². The van der Waals surface area contributed by atoms with Crippen molar-refractivity contribution in [1.29, 1.82) is 0 Å². The lowest BCUT2D eigenvalue weighted by molar-refractivity contribution is 0.0978. The Balaban J connectivity index is 0.00000408. The van der Waals surface area contributed by atoms with Crippen LogP contribution < -0.4 is 4.74 Å². The number of fused-ring (bicyclic) bond motifs is 1. The number of hydrogen-bond donors (Lipinski definition) is 0. The fourth-order valence-corrected chi connectivity index (χ4v) is 5.13. The molecule has 8 heteroatoms. The number of rotatable bonds is 12. The maximum absolute atomic E-state index is 12.7. The second-order valence-corrected chi connectivity index (χ2v) is 11.1. The Bertz CT molecular complexity index is 1070. The molecule has 1 aliphatic rings. The first-order chi connectivity index (χ1) is 15.7. The molecule has 0 aromatic heterocycles. The largest absolute Gasteiger partial charge is 0.496 e. The average Bonchev–Trinajstić information content (AvgIpc) is 3.22. The van der Waals surface area contributed by atoms with E-state index in [4.69, 9.17) is 4.74 Å². The molecule has 0 radical (unpaired) electrons. The number of carbonyl (C=O) groups is 1. The third-order valence-electron chi connectivity index (χ3n) is 6.63. The Morgan fingerprint density at radius 2 is 1.74 bits per heavy atom. The molecule has 0 bridgehead atoms. The highest BCUT2D eigenvalue weighted by molar-refractivity contribution is 7.88. The second kappa shape index (κ2) is 12.7. The number of halogens is 1. The van der Waals surface area contributed by atoms with Gasteiger partial charge in [0.1, 0.15) is 5.75 Å². The molecule has 0 saturated heterocycles. The van der Waals surface area contributed by atoms with Crippen LogP contribution in [0.1, 0.15) is 46.3 Å². The minimum Gasteiger partial charge on any atom is -0.496 e. The van der Waals surface area contributed by atoms with Gasteiger partial charge in [0.05, 0.1) is 13.4 Å². The van der Waals surface area contributed by atoms with E-state index >= 15 is 0 Å². The van der Waals surface area contributed by atoms with Crippen LogP contribution in [0.3, 0.4) is 0 Å². The van der Waals surface area contributed by atoms with E-state index in [-0.39, 0.29) is 24.2 Å². The highest BCUT2D eigenvalue weighted by atomic mass is 35.5. The van der Waals surface area contributed by atoms with E-state index < -0.39 is 10.0 Å². The lowest BCUT2D eigenvalue weighted by Crippen LogP contribution is -2.36. The van der Waals surface area contributed by atoms with Gasteiger partial charge in [-0.3, -0.25) is 4.79 Å². The van der Waals surface area contributed by atoms with Crippen molar-refractivity contribution in [3.8, 4) is 5.75 Å². The summed E-state index contributed by atoms with van der Waals surface area (Å²) in [5, 5.41) is 0. The Labute approximate surface area is 210 Å². The van der Waals surface area contributed by atoms with Crippen LogP contribution in [0.15, 0.2) is 42.5 Å². The molecule has 0 heterocycles. The third-order valence-corrected chi connectivity index (χ3v) is 7.97. The van der Waals surface area contributed by atoms with Gasteiger partial charge in [0.2, 0.25) is 10.0 Å². The van der Waals surface area contributed by atoms with Crippen molar-refractivity contribution in [1.82, 2.24) is 9.21 Å². The van der Waals surface area contributed by atoms with Gasteiger partial charge in [0.15, 0.2) is 5.78 Å². The summed E-state index contributed by atoms with van der Waals surface area (Å²) in [6, 6.07) is 13.9. The Kier molecular flexibility index (Phi) is 10.6. The smallest absolute Gasteiger partial charge is 0.211 e. The number of carbonyl (C=O) groups excluding carboxylic acids is 1. The van der Waals surface area contributed by atoms with E-state index in [0.29, 0.717) is 19.3 Å². The molecular weight excluding hydrogens is 472 g/mol. The minimum atomic E-state index is -3.22. The van der Waals surface area contributed by atoms with Gasteiger partial charge in [-0.1, -0.05) is 30.3 Å². The summed E-state index contributed by atoms with van der Waals surface area (Å²) >= 11 is 0. The molecule has 1 unspecified atom stereocenters. The van der Waals surface area contributed by atoms with Crippen LogP contribution in [0.25, 0.3) is 0 Å².